The molecule has 138 valence electrons. The number of hydrogen-bond donors (Lipinski definition) is 1. The molecule has 6 nitrogen and oxygen atoms in total. The van der Waals surface area contributed by atoms with Crippen LogP contribution in [0.1, 0.15) is 31.2 Å². The molecule has 0 radical (unpaired) electrons. The number of rotatable bonds is 6. The lowest BCUT2D eigenvalue weighted by molar-refractivity contribution is -0.130. The number of hydrogen-bond acceptors (Lipinski definition) is 4. The van der Waals surface area contributed by atoms with Crippen LogP contribution in [0.2, 0.25) is 0 Å². The van der Waals surface area contributed by atoms with Gasteiger partial charge in [0.25, 0.3) is 0 Å². The molecular formula is C19H21FN2O4. The van der Waals surface area contributed by atoms with Gasteiger partial charge < -0.3 is 15.2 Å². The van der Waals surface area contributed by atoms with Crippen LogP contribution >= 0.6 is 0 Å². The van der Waals surface area contributed by atoms with Gasteiger partial charge in [0.1, 0.15) is 18.0 Å². The molecule has 2 N–H and O–H groups in total. The quantitative estimate of drug-likeness (QED) is 0.783. The maximum Gasteiger partial charge on any atom is 0.303 e. The Morgan fingerprint density at radius 3 is 2.62 bits per heavy atom. The molecule has 1 heterocycles. The highest BCUT2D eigenvalue weighted by atomic mass is 19.1. The van der Waals surface area contributed by atoms with E-state index in [-0.39, 0.29) is 32.2 Å². The van der Waals surface area contributed by atoms with Crippen LogP contribution in [0, 0.1) is 12.3 Å². The number of amides is 2. The van der Waals surface area contributed by atoms with E-state index >= 15 is 0 Å². The van der Waals surface area contributed by atoms with Crippen molar-refractivity contribution in [2.45, 2.75) is 44.0 Å². The second-order valence-corrected chi connectivity index (χ2v) is 6.54. The molecule has 1 aromatic carbocycles. The molecule has 2 fully saturated rings. The first-order chi connectivity index (χ1) is 12.5. The summed E-state index contributed by atoms with van der Waals surface area (Å²) in [4.78, 5) is 26.0. The molecule has 1 aromatic rings. The molecular weight excluding hydrogens is 339 g/mol. The predicted molar refractivity (Wildman–Crippen MR) is 93.2 cm³/mol. The number of carbonyl (C=O) groups excluding carboxylic acids is 2. The number of terminal acetylenes is 1. The van der Waals surface area contributed by atoms with E-state index in [1.807, 2.05) is 5.92 Å². The molecule has 0 spiro atoms. The Bertz CT molecular complexity index is 748. The minimum Gasteiger partial charge on any atom is -0.490 e. The summed E-state index contributed by atoms with van der Waals surface area (Å²) in [6.07, 6.45) is 7.78. The first kappa shape index (κ1) is 18.2. The molecule has 1 saturated heterocycles. The summed E-state index contributed by atoms with van der Waals surface area (Å²) in [6.45, 7) is -0.215. The number of alkyl halides is 1. The summed E-state index contributed by atoms with van der Waals surface area (Å²) in [7, 11) is 0. The zero-order valence-electron chi connectivity index (χ0n) is 14.4. The fraction of sp³-hybridized carbons (Fsp3) is 0.474. The van der Waals surface area contributed by atoms with Crippen LogP contribution in [0.25, 0.3) is 0 Å². The number of nitrogens with two attached hydrogens (primary N) is 1. The average Bonchev–Trinajstić information content (AvgIpc) is 3.47. The Kier molecular flexibility index (Phi) is 5.14. The van der Waals surface area contributed by atoms with E-state index < -0.39 is 24.0 Å². The Hall–Kier alpha value is -2.59. The zero-order valence-corrected chi connectivity index (χ0v) is 14.4. The highest BCUT2D eigenvalue weighted by Gasteiger charge is 2.47. The van der Waals surface area contributed by atoms with E-state index in [4.69, 9.17) is 21.6 Å². The van der Waals surface area contributed by atoms with Gasteiger partial charge in [0.15, 0.2) is 0 Å². The molecule has 2 amide bonds. The Balaban J connectivity index is 2.03. The minimum absolute atomic E-state index is 0.113. The topological polar surface area (TPSA) is 81.9 Å². The van der Waals surface area contributed by atoms with E-state index in [2.05, 4.69) is 0 Å². The third-order valence-corrected chi connectivity index (χ3v) is 4.80. The second kappa shape index (κ2) is 7.34. The lowest BCUT2D eigenvalue weighted by Crippen LogP contribution is -2.62. The van der Waals surface area contributed by atoms with Crippen molar-refractivity contribution in [3.8, 4) is 18.1 Å². The van der Waals surface area contributed by atoms with Gasteiger partial charge in [-0.25, -0.2) is 4.39 Å². The van der Waals surface area contributed by atoms with E-state index in [1.54, 1.807) is 12.1 Å². The van der Waals surface area contributed by atoms with Crippen LogP contribution in [0.5, 0.6) is 5.75 Å². The highest BCUT2D eigenvalue weighted by molar-refractivity contribution is 6.11. The second-order valence-electron chi connectivity index (χ2n) is 6.54. The van der Waals surface area contributed by atoms with Gasteiger partial charge in [0, 0.05) is 37.3 Å². The van der Waals surface area contributed by atoms with Gasteiger partial charge >= 0.3 is 5.91 Å². The van der Waals surface area contributed by atoms with Gasteiger partial charge in [0.05, 0.1) is 6.10 Å². The third kappa shape index (κ3) is 3.37. The van der Waals surface area contributed by atoms with Crippen LogP contribution in [0.15, 0.2) is 18.2 Å². The van der Waals surface area contributed by atoms with Gasteiger partial charge in [-0.3, -0.25) is 14.5 Å². The van der Waals surface area contributed by atoms with Crippen molar-refractivity contribution >= 4 is 17.5 Å². The lowest BCUT2D eigenvalue weighted by Gasteiger charge is -2.43. The van der Waals surface area contributed by atoms with Crippen molar-refractivity contribution in [2.24, 2.45) is 5.73 Å². The highest BCUT2D eigenvalue weighted by Crippen LogP contribution is 2.37. The summed E-state index contributed by atoms with van der Waals surface area (Å²) < 4.78 is 24.5. The van der Waals surface area contributed by atoms with Crippen molar-refractivity contribution in [3.05, 3.63) is 23.8 Å². The van der Waals surface area contributed by atoms with Gasteiger partial charge in [-0.2, -0.15) is 0 Å². The van der Waals surface area contributed by atoms with Crippen molar-refractivity contribution < 1.29 is 23.5 Å². The Morgan fingerprint density at radius 2 is 2.08 bits per heavy atom. The largest absolute Gasteiger partial charge is 0.490 e. The standard InChI is InChI=1S/C19H21FN2O4/c1-2-17(23)22(19(18(21)24)7-9-25-10-8-19)14-3-6-16(13(11-14)12-20)26-15-4-5-15/h1,3,6,11,15H,4-5,7-10,12H2,(H2,21,24). The smallest absolute Gasteiger partial charge is 0.303 e. The maximum atomic E-state index is 13.5. The van der Waals surface area contributed by atoms with E-state index in [0.29, 0.717) is 17.0 Å². The van der Waals surface area contributed by atoms with Crippen LogP contribution in [0.3, 0.4) is 0 Å². The molecule has 0 unspecified atom stereocenters. The number of ether oxygens (including phenoxy) is 2. The predicted octanol–water partition coefficient (Wildman–Crippen LogP) is 1.70. The van der Waals surface area contributed by atoms with Crippen LogP contribution in [0.4, 0.5) is 10.1 Å². The summed E-state index contributed by atoms with van der Waals surface area (Å²) in [5.41, 5.74) is 4.98. The minimum atomic E-state index is -1.30. The normalized spacial score (nSPS) is 18.6. The van der Waals surface area contributed by atoms with Crippen molar-refractivity contribution in [2.75, 3.05) is 18.1 Å². The average molecular weight is 360 g/mol. The number of nitrogens with zero attached hydrogens (tertiary/aromatic N) is 1. The van der Waals surface area contributed by atoms with Crippen LogP contribution < -0.4 is 15.4 Å². The molecule has 1 aliphatic carbocycles. The molecule has 1 saturated carbocycles. The maximum absolute atomic E-state index is 13.5. The third-order valence-electron chi connectivity index (χ3n) is 4.80. The molecule has 0 aromatic heterocycles. The van der Waals surface area contributed by atoms with Crippen LogP contribution in [-0.4, -0.2) is 36.7 Å². The lowest BCUT2D eigenvalue weighted by atomic mass is 9.86. The monoisotopic (exact) mass is 360 g/mol. The number of anilines is 1. The van der Waals surface area contributed by atoms with E-state index in [0.717, 1.165) is 12.8 Å². The summed E-state index contributed by atoms with van der Waals surface area (Å²) in [6, 6.07) is 4.70. The number of carbonyl (C=O) groups is 2. The molecule has 1 aliphatic heterocycles. The summed E-state index contributed by atoms with van der Waals surface area (Å²) >= 11 is 0. The van der Waals surface area contributed by atoms with Gasteiger partial charge in [-0.15, -0.1) is 6.42 Å². The first-order valence-electron chi connectivity index (χ1n) is 8.56. The van der Waals surface area contributed by atoms with Crippen LogP contribution in [-0.2, 0) is 21.0 Å². The van der Waals surface area contributed by atoms with Crippen molar-refractivity contribution in [1.29, 1.82) is 0 Å². The molecule has 0 atom stereocenters. The van der Waals surface area contributed by atoms with Crippen molar-refractivity contribution in [1.82, 2.24) is 0 Å². The van der Waals surface area contributed by atoms with Gasteiger partial charge in [-0.05, 0) is 37.0 Å². The van der Waals surface area contributed by atoms with E-state index in [1.165, 1.54) is 11.0 Å². The fourth-order valence-corrected chi connectivity index (χ4v) is 3.20. The van der Waals surface area contributed by atoms with Gasteiger partial charge in [-0.1, -0.05) is 0 Å². The Morgan fingerprint density at radius 1 is 1.38 bits per heavy atom. The van der Waals surface area contributed by atoms with Crippen molar-refractivity contribution in [3.63, 3.8) is 0 Å². The molecule has 26 heavy (non-hydrogen) atoms. The summed E-state index contributed by atoms with van der Waals surface area (Å²) in [5, 5.41) is 0. The number of halogens is 1. The molecule has 7 heteroatoms. The molecule has 0 bridgehead atoms. The fourth-order valence-electron chi connectivity index (χ4n) is 3.20. The molecule has 3 rings (SSSR count). The SMILES string of the molecule is C#CC(=O)N(c1ccc(OC2CC2)c(CF)c1)C1(C(N)=O)CCOCC1. The van der Waals surface area contributed by atoms with Gasteiger partial charge in [0.2, 0.25) is 5.91 Å². The number of benzene rings is 1. The first-order valence-corrected chi connectivity index (χ1v) is 8.56. The summed E-state index contributed by atoms with van der Waals surface area (Å²) in [5.74, 6) is 1.12. The Labute approximate surface area is 151 Å². The van der Waals surface area contributed by atoms with E-state index in [9.17, 15) is 14.0 Å². The molecule has 2 aliphatic rings. The number of primary amides is 1. The zero-order chi connectivity index (χ0) is 18.7.